The van der Waals surface area contributed by atoms with E-state index in [1.165, 1.54) is 24.6 Å². The number of rotatable bonds is 6. The van der Waals surface area contributed by atoms with Crippen LogP contribution in [0.1, 0.15) is 21.7 Å². The second-order valence-electron chi connectivity index (χ2n) is 5.59. The molecule has 26 heavy (non-hydrogen) atoms. The first kappa shape index (κ1) is 17.4. The molecule has 10 heteroatoms. The Morgan fingerprint density at radius 1 is 1.31 bits per heavy atom. The molecule has 0 aliphatic carbocycles. The molecule has 0 radical (unpaired) electrons. The monoisotopic (exact) mass is 361 g/mol. The van der Waals surface area contributed by atoms with Crippen LogP contribution in [0.4, 0.5) is 5.69 Å². The van der Waals surface area contributed by atoms with Crippen LogP contribution in [0.2, 0.25) is 0 Å². The summed E-state index contributed by atoms with van der Waals surface area (Å²) in [7, 11) is 0. The molecule has 2 heterocycles. The smallest absolute Gasteiger partial charge is 0.328 e. The molecule has 3 rings (SSSR count). The zero-order chi connectivity index (χ0) is 18.8. The molecule has 0 unspecified atom stereocenters. The fourth-order valence-electron chi connectivity index (χ4n) is 2.57. The molecule has 0 saturated heterocycles. The Labute approximate surface area is 147 Å². The van der Waals surface area contributed by atoms with E-state index in [1.54, 1.807) is 12.1 Å². The predicted octanol–water partition coefficient (Wildman–Crippen LogP) is 1.56. The highest BCUT2D eigenvalue weighted by molar-refractivity contribution is 5.98. The van der Waals surface area contributed by atoms with Gasteiger partial charge in [0, 0.05) is 5.56 Å². The van der Waals surface area contributed by atoms with Gasteiger partial charge in [0.1, 0.15) is 17.9 Å². The Morgan fingerprint density at radius 3 is 2.73 bits per heavy atom. The third kappa shape index (κ3) is 3.34. The summed E-state index contributed by atoms with van der Waals surface area (Å²) >= 11 is 0. The van der Waals surface area contributed by atoms with E-state index in [0.29, 0.717) is 17.1 Å². The SMILES string of the molecule is Cc1nn(CC(=O)OCC(=O)c2ccc3c(c2)OCO3)c(C)c1[N+](=O)[O-]. The van der Waals surface area contributed by atoms with Gasteiger partial charge in [-0.05, 0) is 32.0 Å². The average Bonchev–Trinajstić information content (AvgIpc) is 3.16. The summed E-state index contributed by atoms with van der Waals surface area (Å²) in [5.74, 6) is -0.127. The maximum atomic E-state index is 12.1. The van der Waals surface area contributed by atoms with E-state index in [0.717, 1.165) is 0 Å². The van der Waals surface area contributed by atoms with Crippen molar-refractivity contribution in [2.75, 3.05) is 13.4 Å². The number of fused-ring (bicyclic) bond motifs is 1. The number of carbonyl (C=O) groups is 2. The minimum absolute atomic E-state index is 0.0940. The second kappa shape index (κ2) is 6.82. The quantitative estimate of drug-likeness (QED) is 0.329. The Hall–Kier alpha value is -3.43. The van der Waals surface area contributed by atoms with Crippen LogP contribution in [0, 0.1) is 24.0 Å². The summed E-state index contributed by atoms with van der Waals surface area (Å²) in [4.78, 5) is 34.5. The molecule has 136 valence electrons. The lowest BCUT2D eigenvalue weighted by atomic mass is 10.1. The van der Waals surface area contributed by atoms with Crippen LogP contribution in [0.25, 0.3) is 0 Å². The second-order valence-corrected chi connectivity index (χ2v) is 5.59. The first-order chi connectivity index (χ1) is 12.4. The summed E-state index contributed by atoms with van der Waals surface area (Å²) in [6.07, 6.45) is 0. The number of aryl methyl sites for hydroxylation is 1. The average molecular weight is 361 g/mol. The topological polar surface area (TPSA) is 123 Å². The third-order valence-corrected chi connectivity index (χ3v) is 3.86. The lowest BCUT2D eigenvalue weighted by molar-refractivity contribution is -0.386. The molecule has 0 bridgehead atoms. The Kier molecular flexibility index (Phi) is 4.57. The summed E-state index contributed by atoms with van der Waals surface area (Å²) in [5.41, 5.74) is 0.626. The fourth-order valence-corrected chi connectivity index (χ4v) is 2.57. The van der Waals surface area contributed by atoms with Gasteiger partial charge < -0.3 is 14.2 Å². The van der Waals surface area contributed by atoms with Gasteiger partial charge in [-0.25, -0.2) is 0 Å². The van der Waals surface area contributed by atoms with Gasteiger partial charge in [0.25, 0.3) is 0 Å². The van der Waals surface area contributed by atoms with Crippen molar-refractivity contribution in [3.05, 3.63) is 45.3 Å². The third-order valence-electron chi connectivity index (χ3n) is 3.86. The lowest BCUT2D eigenvalue weighted by Crippen LogP contribution is -2.19. The van der Waals surface area contributed by atoms with E-state index >= 15 is 0 Å². The first-order valence-corrected chi connectivity index (χ1v) is 7.63. The lowest BCUT2D eigenvalue weighted by Gasteiger charge is -2.06. The molecule has 1 aliphatic rings. The van der Waals surface area contributed by atoms with Gasteiger partial charge >= 0.3 is 11.7 Å². The van der Waals surface area contributed by atoms with Crippen molar-refractivity contribution >= 4 is 17.4 Å². The highest BCUT2D eigenvalue weighted by Crippen LogP contribution is 2.32. The van der Waals surface area contributed by atoms with Gasteiger partial charge in [-0.2, -0.15) is 5.10 Å². The van der Waals surface area contributed by atoms with Crippen LogP contribution in [0.15, 0.2) is 18.2 Å². The van der Waals surface area contributed by atoms with Gasteiger partial charge in [-0.3, -0.25) is 24.4 Å². The van der Waals surface area contributed by atoms with Crippen molar-refractivity contribution < 1.29 is 28.7 Å². The number of hydrogen-bond donors (Lipinski definition) is 0. The number of Topliss-reactive ketones (excluding diaryl/α,β-unsaturated/α-hetero) is 1. The summed E-state index contributed by atoms with van der Waals surface area (Å²) in [6, 6.07) is 4.67. The molecule has 10 nitrogen and oxygen atoms in total. The standard InChI is InChI=1S/C16H15N3O7/c1-9-16(19(22)23)10(2)18(17-9)6-15(21)24-7-12(20)11-3-4-13-14(5-11)26-8-25-13/h3-5H,6-8H2,1-2H3. The molecule has 0 atom stereocenters. The maximum Gasteiger partial charge on any atom is 0.328 e. The van der Waals surface area contributed by atoms with Crippen LogP contribution in [-0.4, -0.2) is 39.9 Å². The molecule has 0 N–H and O–H groups in total. The zero-order valence-electron chi connectivity index (χ0n) is 14.1. The first-order valence-electron chi connectivity index (χ1n) is 7.63. The van der Waals surface area contributed by atoms with Gasteiger partial charge in [0.2, 0.25) is 6.79 Å². The molecule has 0 saturated carbocycles. The van der Waals surface area contributed by atoms with Crippen LogP contribution in [0.5, 0.6) is 11.5 Å². The van der Waals surface area contributed by atoms with Crippen LogP contribution < -0.4 is 9.47 Å². The van der Waals surface area contributed by atoms with Crippen LogP contribution in [0.3, 0.4) is 0 Å². The van der Waals surface area contributed by atoms with E-state index < -0.39 is 23.3 Å². The minimum atomic E-state index is -0.723. The molecule has 1 aromatic carbocycles. The Balaban J connectivity index is 1.60. The minimum Gasteiger partial charge on any atom is -0.456 e. The number of hydrogen-bond acceptors (Lipinski definition) is 8. The molecule has 0 fully saturated rings. The number of aromatic nitrogens is 2. The number of ketones is 1. The highest BCUT2D eigenvalue weighted by atomic mass is 16.7. The van der Waals surface area contributed by atoms with Gasteiger partial charge in [0.15, 0.2) is 23.9 Å². The Bertz CT molecular complexity index is 903. The van der Waals surface area contributed by atoms with Gasteiger partial charge in [-0.15, -0.1) is 0 Å². The largest absolute Gasteiger partial charge is 0.456 e. The van der Waals surface area contributed by atoms with Crippen molar-refractivity contribution in [2.24, 2.45) is 0 Å². The maximum absolute atomic E-state index is 12.1. The van der Waals surface area contributed by atoms with Crippen molar-refractivity contribution in [1.82, 2.24) is 9.78 Å². The van der Waals surface area contributed by atoms with Crippen molar-refractivity contribution in [1.29, 1.82) is 0 Å². The molecule has 1 aromatic heterocycles. The Morgan fingerprint density at radius 2 is 2.04 bits per heavy atom. The molecule has 0 amide bonds. The number of ether oxygens (including phenoxy) is 3. The summed E-state index contributed by atoms with van der Waals surface area (Å²) in [6.45, 7) is 2.28. The predicted molar refractivity (Wildman–Crippen MR) is 86.2 cm³/mol. The van der Waals surface area contributed by atoms with Crippen molar-refractivity contribution in [3.63, 3.8) is 0 Å². The molecular formula is C16H15N3O7. The highest BCUT2D eigenvalue weighted by Gasteiger charge is 2.23. The van der Waals surface area contributed by atoms with E-state index in [4.69, 9.17) is 14.2 Å². The van der Waals surface area contributed by atoms with Crippen LogP contribution in [-0.2, 0) is 16.1 Å². The number of nitro groups is 1. The fraction of sp³-hybridized carbons (Fsp3) is 0.312. The number of nitrogens with zero attached hydrogens (tertiary/aromatic N) is 3. The molecular weight excluding hydrogens is 346 g/mol. The number of carbonyl (C=O) groups excluding carboxylic acids is 2. The van der Waals surface area contributed by atoms with E-state index in [9.17, 15) is 19.7 Å². The van der Waals surface area contributed by atoms with Gasteiger partial charge in [-0.1, -0.05) is 0 Å². The molecule has 1 aliphatic heterocycles. The summed E-state index contributed by atoms with van der Waals surface area (Å²) < 4.78 is 16.5. The zero-order valence-corrected chi connectivity index (χ0v) is 14.1. The van der Waals surface area contributed by atoms with Crippen LogP contribution >= 0.6 is 0 Å². The number of benzene rings is 1. The number of esters is 1. The van der Waals surface area contributed by atoms with Crippen molar-refractivity contribution in [3.8, 4) is 11.5 Å². The van der Waals surface area contributed by atoms with E-state index in [2.05, 4.69) is 5.10 Å². The summed E-state index contributed by atoms with van der Waals surface area (Å²) in [5, 5.41) is 14.9. The molecule has 0 spiro atoms. The van der Waals surface area contributed by atoms with Crippen molar-refractivity contribution in [2.45, 2.75) is 20.4 Å². The van der Waals surface area contributed by atoms with Gasteiger partial charge in [0.05, 0.1) is 4.92 Å². The normalized spacial score (nSPS) is 12.1. The van der Waals surface area contributed by atoms with E-state index in [1.807, 2.05) is 0 Å². The van der Waals surface area contributed by atoms with E-state index in [-0.39, 0.29) is 30.4 Å². The molecule has 2 aromatic rings.